The van der Waals surface area contributed by atoms with Gasteiger partial charge in [0.15, 0.2) is 6.10 Å². The van der Waals surface area contributed by atoms with E-state index in [9.17, 15) is 28.9 Å². The highest BCUT2D eigenvalue weighted by atomic mass is 31.2. The van der Waals surface area contributed by atoms with Crippen LogP contribution in [0.4, 0.5) is 0 Å². The van der Waals surface area contributed by atoms with Crippen molar-refractivity contribution in [1.82, 2.24) is 0 Å². The molecule has 0 rings (SSSR count). The van der Waals surface area contributed by atoms with Crippen molar-refractivity contribution in [3.05, 3.63) is 134 Å². The number of carbonyl (C=O) groups excluding carboxylic acids is 3. The molecule has 0 aromatic rings. The molecule has 3 unspecified atom stereocenters. The Morgan fingerprint density at radius 2 is 0.634 bits per heavy atom. The minimum atomic E-state index is -4.78. The molecule has 82 heavy (non-hydrogen) atoms. The highest BCUT2D eigenvalue weighted by Crippen LogP contribution is 2.43. The lowest BCUT2D eigenvalue weighted by Crippen LogP contribution is -2.30. The van der Waals surface area contributed by atoms with Crippen molar-refractivity contribution in [2.75, 3.05) is 26.4 Å². The Morgan fingerprint density at radius 3 is 1.00 bits per heavy atom. The van der Waals surface area contributed by atoms with Crippen molar-refractivity contribution < 1.29 is 52.2 Å². The monoisotopic (exact) mass is 1160 g/mol. The van der Waals surface area contributed by atoms with Crippen LogP contribution in [0, 0.1) is 0 Å². The number of rotatable bonds is 58. The highest BCUT2D eigenvalue weighted by Gasteiger charge is 2.28. The summed E-state index contributed by atoms with van der Waals surface area (Å²) in [4.78, 5) is 48.8. The lowest BCUT2D eigenvalue weighted by atomic mass is 10.1. The second kappa shape index (κ2) is 62.7. The number of aliphatic hydroxyl groups excluding tert-OH is 1. The van der Waals surface area contributed by atoms with E-state index in [1.807, 2.05) is 0 Å². The number of esters is 3. The first-order chi connectivity index (χ1) is 40.2. The van der Waals surface area contributed by atoms with E-state index in [0.717, 1.165) is 128 Å². The molecule has 0 bridgehead atoms. The van der Waals surface area contributed by atoms with Crippen LogP contribution in [0.2, 0.25) is 0 Å². The first kappa shape index (κ1) is 77.6. The first-order valence-electron chi connectivity index (χ1n) is 32.1. The number of hydrogen-bond donors (Lipinski definition) is 2. The van der Waals surface area contributed by atoms with E-state index in [0.29, 0.717) is 19.3 Å². The molecule has 0 spiro atoms. The summed E-state index contributed by atoms with van der Waals surface area (Å²) >= 11 is 0. The second-order valence-electron chi connectivity index (χ2n) is 20.8. The molecule has 3 atom stereocenters. The molecule has 2 N–H and O–H groups in total. The normalized spacial score (nSPS) is 14.2. The quantitative estimate of drug-likeness (QED) is 0.0197. The third-order valence-corrected chi connectivity index (χ3v) is 14.0. The van der Waals surface area contributed by atoms with E-state index in [2.05, 4.69) is 154 Å². The number of aliphatic hydroxyl groups is 1. The van der Waals surface area contributed by atoms with Gasteiger partial charge in [-0.2, -0.15) is 0 Å². The topological polar surface area (TPSA) is 155 Å². The third kappa shape index (κ3) is 60.2. The molecule has 0 aliphatic carbocycles. The van der Waals surface area contributed by atoms with Crippen LogP contribution < -0.4 is 0 Å². The van der Waals surface area contributed by atoms with Crippen LogP contribution in [0.5, 0.6) is 0 Å². The number of unbranched alkanes of at least 4 members (excludes halogenated alkanes) is 19. The van der Waals surface area contributed by atoms with Crippen LogP contribution in [0.25, 0.3) is 0 Å². The molecule has 11 nitrogen and oxygen atoms in total. The van der Waals surface area contributed by atoms with Crippen molar-refractivity contribution in [3.63, 3.8) is 0 Å². The van der Waals surface area contributed by atoms with E-state index in [-0.39, 0.29) is 25.9 Å². The number of hydrogen-bond acceptors (Lipinski definition) is 10. The summed E-state index contributed by atoms with van der Waals surface area (Å²) in [6.07, 6.45) is 79.7. The Hall–Kier alpha value is -4.38. The standard InChI is InChI=1S/C70H115O11P/c1-4-7-10-13-16-19-22-25-28-31-33-36-38-41-44-47-50-53-56-59-68(72)77-63-67(81-70(74)61-58-55-52-49-46-43-40-37-34-32-29-26-23-20-17-14-11-8-5-2)65-79-82(75,76)78-64-66(62-71)80-69(73)60-57-54-51-48-45-42-39-35-30-27-24-21-18-15-12-9-6-3/h7-8,10-11,16-17,19-20,25-30,33-34,36-37,41,43-44,46,66-67,71H,4-6,9,12-15,18,21-24,31-32,35,38-40,42,45,47-65H2,1-3H3,(H,75,76)/b10-7-,11-8-,19-16-,20-17-,28-25-,29-26-,30-27-,36-33-,37-34-,44-41-,46-43-. The lowest BCUT2D eigenvalue weighted by Gasteiger charge is -2.21. The van der Waals surface area contributed by atoms with Gasteiger partial charge in [0.2, 0.25) is 0 Å². The Morgan fingerprint density at radius 1 is 0.354 bits per heavy atom. The van der Waals surface area contributed by atoms with E-state index < -0.39 is 57.8 Å². The predicted octanol–water partition coefficient (Wildman–Crippen LogP) is 19.7. The molecule has 466 valence electrons. The van der Waals surface area contributed by atoms with Crippen LogP contribution in [0.15, 0.2) is 134 Å². The molecule has 0 saturated carbocycles. The summed E-state index contributed by atoms with van der Waals surface area (Å²) in [5.41, 5.74) is 0. The highest BCUT2D eigenvalue weighted by molar-refractivity contribution is 7.47. The van der Waals surface area contributed by atoms with Gasteiger partial charge in [-0.15, -0.1) is 0 Å². The summed E-state index contributed by atoms with van der Waals surface area (Å²) in [6, 6.07) is 0. The van der Waals surface area contributed by atoms with Gasteiger partial charge in [-0.1, -0.05) is 231 Å². The Balaban J connectivity index is 4.84. The minimum Gasteiger partial charge on any atom is -0.462 e. The molecule has 0 saturated heterocycles. The van der Waals surface area contributed by atoms with Gasteiger partial charge in [0.25, 0.3) is 0 Å². The van der Waals surface area contributed by atoms with Crippen LogP contribution >= 0.6 is 7.82 Å². The fourth-order valence-corrected chi connectivity index (χ4v) is 9.01. The van der Waals surface area contributed by atoms with Crippen molar-refractivity contribution in [3.8, 4) is 0 Å². The van der Waals surface area contributed by atoms with Crippen molar-refractivity contribution in [1.29, 1.82) is 0 Å². The number of ether oxygens (including phenoxy) is 3. The molecule has 0 aliphatic rings. The van der Waals surface area contributed by atoms with E-state index in [1.165, 1.54) is 64.2 Å². The van der Waals surface area contributed by atoms with Crippen molar-refractivity contribution in [2.24, 2.45) is 0 Å². The number of carbonyl (C=O) groups is 3. The van der Waals surface area contributed by atoms with Gasteiger partial charge in [0, 0.05) is 19.3 Å². The molecular formula is C70H115O11P. The summed E-state index contributed by atoms with van der Waals surface area (Å²) in [7, 11) is -4.78. The van der Waals surface area contributed by atoms with Crippen LogP contribution in [0.3, 0.4) is 0 Å². The average Bonchev–Trinajstić information content (AvgIpc) is 3.47. The van der Waals surface area contributed by atoms with Crippen LogP contribution in [-0.4, -0.2) is 66.5 Å². The Labute approximate surface area is 500 Å². The van der Waals surface area contributed by atoms with Crippen LogP contribution in [-0.2, 0) is 42.2 Å². The minimum absolute atomic E-state index is 0.113. The SMILES string of the molecule is CC/C=C\C/C=C\C/C=C\C/C=C\C/C=C\CCCCCC(=O)OCC(COP(=O)(O)OCC(CO)OC(=O)CCCCCCCCC/C=C\CCCCCCCC)OC(=O)CCCCC/C=C\C/C=C\C/C=C\C/C=C\C/C=C\CC. The molecule has 0 fully saturated rings. The van der Waals surface area contributed by atoms with Gasteiger partial charge in [0.1, 0.15) is 12.7 Å². The average molecular weight is 1160 g/mol. The number of phosphoric acid groups is 1. The van der Waals surface area contributed by atoms with Crippen molar-refractivity contribution >= 4 is 25.7 Å². The van der Waals surface area contributed by atoms with Gasteiger partial charge in [-0.25, -0.2) is 4.57 Å². The molecule has 12 heteroatoms. The smallest absolute Gasteiger partial charge is 0.462 e. The third-order valence-electron chi connectivity index (χ3n) is 13.0. The summed E-state index contributed by atoms with van der Waals surface area (Å²) in [5.74, 6) is -1.56. The van der Waals surface area contributed by atoms with E-state index >= 15 is 0 Å². The largest absolute Gasteiger partial charge is 0.472 e. The van der Waals surface area contributed by atoms with Crippen LogP contribution in [0.1, 0.15) is 252 Å². The zero-order chi connectivity index (χ0) is 59.8. The van der Waals surface area contributed by atoms with Crippen molar-refractivity contribution in [2.45, 2.75) is 264 Å². The molecule has 0 amide bonds. The number of phosphoric ester groups is 1. The zero-order valence-corrected chi connectivity index (χ0v) is 52.6. The fraction of sp³-hybridized carbons (Fsp3) is 0.643. The zero-order valence-electron chi connectivity index (χ0n) is 51.7. The Bertz CT molecular complexity index is 1890. The van der Waals surface area contributed by atoms with Gasteiger partial charge in [0.05, 0.1) is 19.8 Å². The van der Waals surface area contributed by atoms with Gasteiger partial charge >= 0.3 is 25.7 Å². The predicted molar refractivity (Wildman–Crippen MR) is 343 cm³/mol. The molecule has 0 radical (unpaired) electrons. The van der Waals surface area contributed by atoms with Gasteiger partial charge < -0.3 is 24.2 Å². The maximum absolute atomic E-state index is 13.0. The van der Waals surface area contributed by atoms with Gasteiger partial charge in [-0.05, 0) is 135 Å². The molecule has 0 aromatic heterocycles. The lowest BCUT2D eigenvalue weighted by molar-refractivity contribution is -0.161. The molecular weight excluding hydrogens is 1050 g/mol. The summed E-state index contributed by atoms with van der Waals surface area (Å²) in [6.45, 7) is 4.34. The summed E-state index contributed by atoms with van der Waals surface area (Å²) < 4.78 is 39.6. The molecule has 0 aliphatic heterocycles. The maximum Gasteiger partial charge on any atom is 0.472 e. The Kier molecular flexibility index (Phi) is 59.3. The van der Waals surface area contributed by atoms with E-state index in [1.54, 1.807) is 0 Å². The summed E-state index contributed by atoms with van der Waals surface area (Å²) in [5, 5.41) is 9.86. The fourth-order valence-electron chi connectivity index (χ4n) is 8.23. The van der Waals surface area contributed by atoms with Gasteiger partial charge in [-0.3, -0.25) is 23.4 Å². The second-order valence-corrected chi connectivity index (χ2v) is 22.3. The number of allylic oxidation sites excluding steroid dienone is 22. The first-order valence-corrected chi connectivity index (χ1v) is 33.6. The maximum atomic E-state index is 13.0. The molecule has 0 aromatic carbocycles. The van der Waals surface area contributed by atoms with E-state index in [4.69, 9.17) is 23.3 Å². The molecule has 0 heterocycles.